The lowest BCUT2D eigenvalue weighted by molar-refractivity contribution is -0.105. The third-order valence-electron chi connectivity index (χ3n) is 2.30. The number of benzene rings is 1. The summed E-state index contributed by atoms with van der Waals surface area (Å²) >= 11 is 0.613. The van der Waals surface area contributed by atoms with Crippen molar-refractivity contribution in [3.63, 3.8) is 0 Å². The second kappa shape index (κ2) is 7.39. The molecule has 0 atom stereocenters. The monoisotopic (exact) mass is 308 g/mol. The number of hydrogen-bond donors (Lipinski definition) is 2. The van der Waals surface area contributed by atoms with Crippen molar-refractivity contribution >= 4 is 23.5 Å². The molecule has 0 fully saturated rings. The van der Waals surface area contributed by atoms with Crippen LogP contribution >= 0.6 is 11.8 Å². The van der Waals surface area contributed by atoms with Crippen molar-refractivity contribution in [2.75, 3.05) is 31.3 Å². The largest absolute Gasteiger partial charge is 0.398 e. The van der Waals surface area contributed by atoms with Gasteiger partial charge < -0.3 is 15.3 Å². The lowest BCUT2D eigenvalue weighted by Gasteiger charge is -2.18. The van der Waals surface area contributed by atoms with E-state index < -0.39 is 18.0 Å². The average molecular weight is 308 g/mol. The van der Waals surface area contributed by atoms with Crippen LogP contribution < -0.4 is 5.32 Å². The molecule has 0 saturated carbocycles. The lowest BCUT2D eigenvalue weighted by atomic mass is 10.3. The van der Waals surface area contributed by atoms with Gasteiger partial charge in [0.25, 0.3) is 0 Å². The number of nitrogens with zero attached hydrogens (tertiary/aromatic N) is 1. The first kappa shape index (κ1) is 16.6. The molecule has 4 nitrogen and oxygen atoms in total. The maximum atomic E-state index is 12.2. The van der Waals surface area contributed by atoms with E-state index in [9.17, 15) is 18.0 Å². The fraction of sp³-hybridized carbons (Fsp3) is 0.417. The number of urea groups is 1. The van der Waals surface area contributed by atoms with Gasteiger partial charge >= 0.3 is 12.2 Å². The molecule has 0 aliphatic rings. The van der Waals surface area contributed by atoms with E-state index in [0.717, 1.165) is 0 Å². The number of alkyl halides is 3. The lowest BCUT2D eigenvalue weighted by Crippen LogP contribution is -2.33. The predicted molar refractivity (Wildman–Crippen MR) is 72.0 cm³/mol. The van der Waals surface area contributed by atoms with Gasteiger partial charge in [-0.3, -0.25) is 0 Å². The van der Waals surface area contributed by atoms with Crippen LogP contribution in [0.15, 0.2) is 29.2 Å². The summed E-state index contributed by atoms with van der Waals surface area (Å²) in [6.07, 6.45) is -4.27. The van der Waals surface area contributed by atoms with E-state index in [1.54, 1.807) is 12.1 Å². The summed E-state index contributed by atoms with van der Waals surface area (Å²) in [5.74, 6) is -1.02. The number of likely N-dealkylation sites (N-methyl/N-ethyl adjacent to an activating group) is 1. The number of thioether (sulfide) groups is 1. The van der Waals surface area contributed by atoms with Crippen LogP contribution in [-0.4, -0.2) is 48.2 Å². The molecule has 0 bridgehead atoms. The summed E-state index contributed by atoms with van der Waals surface area (Å²) in [6.45, 7) is -0.0436. The summed E-state index contributed by atoms with van der Waals surface area (Å²) in [5, 5.41) is 11.2. The predicted octanol–water partition coefficient (Wildman–Crippen LogP) is 2.80. The number of aliphatic hydroxyl groups is 1. The molecule has 0 aliphatic carbocycles. The van der Waals surface area contributed by atoms with E-state index in [1.807, 2.05) is 0 Å². The highest BCUT2D eigenvalue weighted by Crippen LogP contribution is 2.32. The van der Waals surface area contributed by atoms with Crippen molar-refractivity contribution in [1.29, 1.82) is 0 Å². The number of carbonyl (C=O) groups is 1. The maximum Gasteiger partial charge on any atom is 0.398 e. The topological polar surface area (TPSA) is 52.6 Å². The van der Waals surface area contributed by atoms with Gasteiger partial charge in [0.1, 0.15) is 0 Å². The zero-order valence-corrected chi connectivity index (χ0v) is 11.6. The Kier molecular flexibility index (Phi) is 6.15. The Morgan fingerprint density at radius 3 is 2.65 bits per heavy atom. The van der Waals surface area contributed by atoms with Gasteiger partial charge in [0.15, 0.2) is 0 Å². The Bertz CT molecular complexity index is 455. The van der Waals surface area contributed by atoms with Crippen molar-refractivity contribution in [3.8, 4) is 0 Å². The molecule has 0 radical (unpaired) electrons. The van der Waals surface area contributed by atoms with Crippen molar-refractivity contribution in [1.82, 2.24) is 4.90 Å². The molecule has 0 aromatic heterocycles. The number of anilines is 1. The van der Waals surface area contributed by atoms with Crippen molar-refractivity contribution in [3.05, 3.63) is 24.3 Å². The van der Waals surface area contributed by atoms with Crippen LogP contribution in [0.5, 0.6) is 0 Å². The highest BCUT2D eigenvalue weighted by molar-refractivity contribution is 7.99. The van der Waals surface area contributed by atoms with Crippen molar-refractivity contribution < 1.29 is 23.1 Å². The first-order valence-corrected chi connectivity index (χ1v) is 6.73. The number of para-hydroxylation sites is 1. The molecule has 0 unspecified atom stereocenters. The fourth-order valence-corrected chi connectivity index (χ4v) is 2.09. The molecule has 1 aromatic rings. The maximum absolute atomic E-state index is 12.2. The summed E-state index contributed by atoms with van der Waals surface area (Å²) in [4.78, 5) is 13.3. The van der Waals surface area contributed by atoms with Crippen LogP contribution in [0.2, 0.25) is 0 Å². The van der Waals surface area contributed by atoms with Gasteiger partial charge in [0.05, 0.1) is 18.0 Å². The molecule has 0 heterocycles. The van der Waals surface area contributed by atoms with E-state index in [4.69, 9.17) is 5.11 Å². The molecule has 1 rings (SSSR count). The molecule has 112 valence electrons. The first-order chi connectivity index (χ1) is 9.33. The summed E-state index contributed by atoms with van der Waals surface area (Å²) in [7, 11) is 1.48. The molecule has 20 heavy (non-hydrogen) atoms. The third kappa shape index (κ3) is 5.70. The smallest absolute Gasteiger partial charge is 0.395 e. The molecule has 1 aromatic carbocycles. The fourth-order valence-electron chi connectivity index (χ4n) is 1.32. The van der Waals surface area contributed by atoms with E-state index in [1.165, 1.54) is 24.1 Å². The van der Waals surface area contributed by atoms with E-state index in [2.05, 4.69) is 5.32 Å². The zero-order valence-electron chi connectivity index (χ0n) is 10.8. The van der Waals surface area contributed by atoms with Crippen LogP contribution in [0.25, 0.3) is 0 Å². The van der Waals surface area contributed by atoms with Crippen LogP contribution in [0.1, 0.15) is 0 Å². The second-order valence-electron chi connectivity index (χ2n) is 3.98. The Morgan fingerprint density at radius 1 is 1.40 bits per heavy atom. The average Bonchev–Trinajstić information content (AvgIpc) is 2.37. The number of aliphatic hydroxyl groups excluding tert-OH is 1. The third-order valence-corrected chi connectivity index (χ3v) is 3.44. The Morgan fingerprint density at radius 2 is 2.05 bits per heavy atom. The normalized spacial score (nSPS) is 11.2. The number of halogens is 3. The summed E-state index contributed by atoms with van der Waals surface area (Å²) < 4.78 is 36.7. The molecule has 2 amide bonds. The number of hydrogen-bond acceptors (Lipinski definition) is 3. The molecule has 2 N–H and O–H groups in total. The van der Waals surface area contributed by atoms with Gasteiger partial charge in [-0.25, -0.2) is 4.79 Å². The SMILES string of the molecule is CN(CCO)C(=O)Nc1ccccc1SCC(F)(F)F. The minimum atomic E-state index is -4.27. The van der Waals surface area contributed by atoms with Gasteiger partial charge in [-0.1, -0.05) is 12.1 Å². The van der Waals surface area contributed by atoms with Gasteiger partial charge in [0, 0.05) is 18.5 Å². The highest BCUT2D eigenvalue weighted by atomic mass is 32.2. The number of amides is 2. The Balaban J connectivity index is 2.72. The molecule has 8 heteroatoms. The Hall–Kier alpha value is -1.41. The van der Waals surface area contributed by atoms with Gasteiger partial charge in [-0.15, -0.1) is 11.8 Å². The summed E-state index contributed by atoms with van der Waals surface area (Å²) in [6, 6.07) is 5.78. The van der Waals surface area contributed by atoms with E-state index in [0.29, 0.717) is 22.3 Å². The van der Waals surface area contributed by atoms with E-state index >= 15 is 0 Å². The molecular weight excluding hydrogens is 293 g/mol. The zero-order chi connectivity index (χ0) is 15.2. The van der Waals surface area contributed by atoms with Gasteiger partial charge in [-0.2, -0.15) is 13.2 Å². The van der Waals surface area contributed by atoms with Crippen LogP contribution in [-0.2, 0) is 0 Å². The van der Waals surface area contributed by atoms with Crippen molar-refractivity contribution in [2.24, 2.45) is 0 Å². The highest BCUT2D eigenvalue weighted by Gasteiger charge is 2.27. The van der Waals surface area contributed by atoms with E-state index in [-0.39, 0.29) is 13.2 Å². The minimum absolute atomic E-state index is 0.143. The second-order valence-corrected chi connectivity index (χ2v) is 4.99. The number of rotatable bonds is 5. The van der Waals surface area contributed by atoms with Gasteiger partial charge in [0.2, 0.25) is 0 Å². The molecular formula is C12H15F3N2O2S. The minimum Gasteiger partial charge on any atom is -0.395 e. The quantitative estimate of drug-likeness (QED) is 0.823. The Labute approximate surface area is 119 Å². The van der Waals surface area contributed by atoms with Gasteiger partial charge in [-0.05, 0) is 12.1 Å². The summed E-state index contributed by atoms with van der Waals surface area (Å²) in [5.41, 5.74) is 0.316. The first-order valence-electron chi connectivity index (χ1n) is 5.75. The van der Waals surface area contributed by atoms with Crippen LogP contribution in [0.3, 0.4) is 0 Å². The molecule has 0 saturated heterocycles. The molecule has 0 spiro atoms. The molecule has 0 aliphatic heterocycles. The standard InChI is InChI=1S/C12H15F3N2O2S/c1-17(6-7-18)11(19)16-9-4-2-3-5-10(9)20-8-12(13,14)15/h2-5,18H,6-8H2,1H3,(H,16,19). The van der Waals surface area contributed by atoms with Crippen LogP contribution in [0.4, 0.5) is 23.7 Å². The number of nitrogens with one attached hydrogen (secondary N) is 1. The van der Waals surface area contributed by atoms with Crippen molar-refractivity contribution in [2.45, 2.75) is 11.1 Å². The number of carbonyl (C=O) groups excluding carboxylic acids is 1. The van der Waals surface area contributed by atoms with Crippen LogP contribution in [0, 0.1) is 0 Å².